The largest absolute Gasteiger partial charge is 0.506 e. The number of nitrogens with zero attached hydrogens (tertiary/aromatic N) is 1. The summed E-state index contributed by atoms with van der Waals surface area (Å²) in [4.78, 5) is 26.2. The standard InChI is InChI=1S/C17H10Br2ClNO3S/c18-11-5-10(15(22)12(19)7-11)6-14-16(23)21(17(24)25-14)8-9-3-1-2-4-13(9)20/h1-7,22H,8H2/b14-6-. The molecule has 4 nitrogen and oxygen atoms in total. The number of halogens is 3. The van der Waals surface area contributed by atoms with Crippen LogP contribution in [0.2, 0.25) is 5.02 Å². The van der Waals surface area contributed by atoms with E-state index in [0.29, 0.717) is 20.6 Å². The van der Waals surface area contributed by atoms with Gasteiger partial charge < -0.3 is 5.11 Å². The number of phenolic OH excluding ortho intramolecular Hbond substituents is 1. The highest BCUT2D eigenvalue weighted by molar-refractivity contribution is 9.11. The number of aromatic hydroxyl groups is 1. The molecule has 0 bridgehead atoms. The fraction of sp³-hybridized carbons (Fsp3) is 0.0588. The minimum Gasteiger partial charge on any atom is -0.506 e. The summed E-state index contributed by atoms with van der Waals surface area (Å²) in [6.07, 6.45) is 1.50. The SMILES string of the molecule is O=C1S/C(=C\c2cc(Br)cc(Br)c2O)C(=O)N1Cc1ccccc1Cl. The minimum absolute atomic E-state index is 0.00102. The lowest BCUT2D eigenvalue weighted by Gasteiger charge is -2.13. The number of carbonyl (C=O) groups is 2. The van der Waals surface area contributed by atoms with Crippen molar-refractivity contribution in [3.8, 4) is 5.75 Å². The molecule has 2 aromatic carbocycles. The van der Waals surface area contributed by atoms with Gasteiger partial charge in [0.15, 0.2) is 0 Å². The molecule has 3 rings (SSSR count). The lowest BCUT2D eigenvalue weighted by Crippen LogP contribution is -2.27. The first-order valence-electron chi connectivity index (χ1n) is 7.03. The zero-order valence-corrected chi connectivity index (χ0v) is 17.2. The Bertz CT molecular complexity index is 917. The predicted octanol–water partition coefficient (Wildman–Crippen LogP) is 5.81. The van der Waals surface area contributed by atoms with E-state index in [-0.39, 0.29) is 22.4 Å². The number of phenols is 1. The smallest absolute Gasteiger partial charge is 0.293 e. The number of thioether (sulfide) groups is 1. The number of benzene rings is 2. The van der Waals surface area contributed by atoms with E-state index in [1.54, 1.807) is 36.4 Å². The summed E-state index contributed by atoms with van der Waals surface area (Å²) in [6.45, 7) is 0.107. The lowest BCUT2D eigenvalue weighted by atomic mass is 10.1. The fourth-order valence-electron chi connectivity index (χ4n) is 2.27. The van der Waals surface area contributed by atoms with Crippen LogP contribution in [0.25, 0.3) is 6.08 Å². The van der Waals surface area contributed by atoms with Gasteiger partial charge in [0.1, 0.15) is 5.75 Å². The number of rotatable bonds is 3. The third-order valence-corrected chi connectivity index (χ3v) is 5.84. The summed E-state index contributed by atoms with van der Waals surface area (Å²) in [5.41, 5.74) is 1.13. The fourth-order valence-corrected chi connectivity index (χ4v) is 4.55. The number of imide groups is 1. The Balaban J connectivity index is 1.90. The molecule has 1 saturated heterocycles. The van der Waals surface area contributed by atoms with Crippen molar-refractivity contribution in [3.63, 3.8) is 0 Å². The van der Waals surface area contributed by atoms with Crippen molar-refractivity contribution in [1.82, 2.24) is 4.90 Å². The minimum atomic E-state index is -0.412. The van der Waals surface area contributed by atoms with Gasteiger partial charge in [-0.25, -0.2) is 0 Å². The van der Waals surface area contributed by atoms with Crippen LogP contribution in [-0.2, 0) is 11.3 Å². The van der Waals surface area contributed by atoms with Gasteiger partial charge in [0, 0.05) is 15.1 Å². The maximum atomic E-state index is 12.6. The summed E-state index contributed by atoms with van der Waals surface area (Å²) in [7, 11) is 0. The van der Waals surface area contributed by atoms with Crippen molar-refractivity contribution in [2.45, 2.75) is 6.54 Å². The Morgan fingerprint density at radius 1 is 1.20 bits per heavy atom. The van der Waals surface area contributed by atoms with Crippen molar-refractivity contribution in [3.05, 3.63) is 66.4 Å². The number of carbonyl (C=O) groups excluding carboxylic acids is 2. The van der Waals surface area contributed by atoms with Crippen LogP contribution in [0.3, 0.4) is 0 Å². The topological polar surface area (TPSA) is 57.6 Å². The molecule has 2 amide bonds. The van der Waals surface area contributed by atoms with Crippen molar-refractivity contribution >= 4 is 72.4 Å². The van der Waals surface area contributed by atoms with E-state index < -0.39 is 5.91 Å². The van der Waals surface area contributed by atoms with Crippen LogP contribution >= 0.6 is 55.2 Å². The quantitative estimate of drug-likeness (QED) is 0.538. The normalized spacial score (nSPS) is 16.1. The molecule has 0 unspecified atom stereocenters. The number of amides is 2. The van der Waals surface area contributed by atoms with Crippen LogP contribution in [0, 0.1) is 0 Å². The van der Waals surface area contributed by atoms with Gasteiger partial charge in [-0.1, -0.05) is 45.7 Å². The molecule has 0 aliphatic carbocycles. The summed E-state index contributed by atoms with van der Waals surface area (Å²) in [6, 6.07) is 10.4. The van der Waals surface area contributed by atoms with Gasteiger partial charge in [-0.15, -0.1) is 0 Å². The molecule has 2 aromatic rings. The summed E-state index contributed by atoms with van der Waals surface area (Å²) in [5, 5.41) is 10.3. The molecule has 1 aliphatic rings. The van der Waals surface area contributed by atoms with Gasteiger partial charge in [-0.2, -0.15) is 0 Å². The van der Waals surface area contributed by atoms with Gasteiger partial charge in [-0.3, -0.25) is 14.5 Å². The van der Waals surface area contributed by atoms with E-state index in [2.05, 4.69) is 31.9 Å². The van der Waals surface area contributed by atoms with Crippen LogP contribution in [0.5, 0.6) is 5.75 Å². The molecule has 1 fully saturated rings. The molecular weight excluding hydrogens is 494 g/mol. The van der Waals surface area contributed by atoms with Crippen LogP contribution in [0.1, 0.15) is 11.1 Å². The predicted molar refractivity (Wildman–Crippen MR) is 106 cm³/mol. The Hall–Kier alpha value is -1.28. The zero-order valence-electron chi connectivity index (χ0n) is 12.5. The van der Waals surface area contributed by atoms with Gasteiger partial charge in [0.2, 0.25) is 0 Å². The molecule has 128 valence electrons. The number of hydrogen-bond acceptors (Lipinski definition) is 4. The highest BCUT2D eigenvalue weighted by atomic mass is 79.9. The lowest BCUT2D eigenvalue weighted by molar-refractivity contribution is -0.123. The van der Waals surface area contributed by atoms with Crippen LogP contribution in [-0.4, -0.2) is 21.2 Å². The molecule has 0 aromatic heterocycles. The van der Waals surface area contributed by atoms with Crippen LogP contribution in [0.15, 0.2) is 50.2 Å². The van der Waals surface area contributed by atoms with Crippen LogP contribution in [0.4, 0.5) is 4.79 Å². The summed E-state index contributed by atoms with van der Waals surface area (Å²) in [5.74, 6) is -0.411. The Morgan fingerprint density at radius 2 is 1.92 bits per heavy atom. The Kier molecular flexibility index (Phi) is 5.58. The van der Waals surface area contributed by atoms with Gasteiger partial charge in [-0.05, 0) is 57.5 Å². The van der Waals surface area contributed by atoms with Crippen molar-refractivity contribution in [1.29, 1.82) is 0 Å². The van der Waals surface area contributed by atoms with Crippen molar-refractivity contribution < 1.29 is 14.7 Å². The maximum Gasteiger partial charge on any atom is 0.293 e. The summed E-state index contributed by atoms with van der Waals surface area (Å²) >= 11 is 13.5. The molecule has 1 aliphatic heterocycles. The number of hydrogen-bond donors (Lipinski definition) is 1. The first-order chi connectivity index (χ1) is 11.9. The van der Waals surface area contributed by atoms with Gasteiger partial charge >= 0.3 is 0 Å². The van der Waals surface area contributed by atoms with Crippen molar-refractivity contribution in [2.75, 3.05) is 0 Å². The molecule has 0 atom stereocenters. The van der Waals surface area contributed by atoms with Gasteiger partial charge in [0.05, 0.1) is 15.9 Å². The first-order valence-corrected chi connectivity index (χ1v) is 9.81. The Labute approximate surface area is 170 Å². The second-order valence-corrected chi connectivity index (χ2v) is 8.36. The van der Waals surface area contributed by atoms with E-state index in [9.17, 15) is 14.7 Å². The van der Waals surface area contributed by atoms with E-state index >= 15 is 0 Å². The van der Waals surface area contributed by atoms with E-state index in [1.807, 2.05) is 0 Å². The third-order valence-electron chi connectivity index (χ3n) is 3.50. The molecule has 1 heterocycles. The molecule has 25 heavy (non-hydrogen) atoms. The monoisotopic (exact) mass is 501 g/mol. The second kappa shape index (κ2) is 7.53. The zero-order chi connectivity index (χ0) is 18.1. The average Bonchev–Trinajstić information content (AvgIpc) is 2.81. The second-order valence-electron chi connectivity index (χ2n) is 5.18. The average molecular weight is 504 g/mol. The van der Waals surface area contributed by atoms with E-state index in [4.69, 9.17) is 11.6 Å². The maximum absolute atomic E-state index is 12.6. The van der Waals surface area contributed by atoms with E-state index in [1.165, 1.54) is 6.08 Å². The molecule has 8 heteroatoms. The highest BCUT2D eigenvalue weighted by Crippen LogP contribution is 2.38. The van der Waals surface area contributed by atoms with Crippen LogP contribution < -0.4 is 0 Å². The first kappa shape index (κ1) is 18.5. The molecule has 1 N–H and O–H groups in total. The molecular formula is C17H10Br2ClNO3S. The van der Waals surface area contributed by atoms with E-state index in [0.717, 1.165) is 21.1 Å². The van der Waals surface area contributed by atoms with Gasteiger partial charge in [0.25, 0.3) is 11.1 Å². The third kappa shape index (κ3) is 3.95. The Morgan fingerprint density at radius 3 is 2.64 bits per heavy atom. The highest BCUT2D eigenvalue weighted by Gasteiger charge is 2.35. The molecule has 0 saturated carbocycles. The summed E-state index contributed by atoms with van der Waals surface area (Å²) < 4.78 is 1.22. The molecule has 0 spiro atoms. The van der Waals surface area contributed by atoms with Crippen molar-refractivity contribution in [2.24, 2.45) is 0 Å². The molecule has 0 radical (unpaired) electrons.